The van der Waals surface area contributed by atoms with E-state index in [1.54, 1.807) is 0 Å². The van der Waals surface area contributed by atoms with Gasteiger partial charge >= 0.3 is 0 Å². The van der Waals surface area contributed by atoms with Crippen LogP contribution in [0.1, 0.15) is 26.7 Å². The third kappa shape index (κ3) is 3.20. The molecule has 1 aliphatic heterocycles. The summed E-state index contributed by atoms with van der Waals surface area (Å²) in [5.74, 6) is 1.34. The van der Waals surface area contributed by atoms with Crippen LogP contribution in [0.5, 0.6) is 0 Å². The fourth-order valence-corrected chi connectivity index (χ4v) is 2.79. The van der Waals surface area contributed by atoms with Gasteiger partial charge in [0.05, 0.1) is 0 Å². The van der Waals surface area contributed by atoms with Gasteiger partial charge in [-0.1, -0.05) is 12.2 Å². The van der Waals surface area contributed by atoms with E-state index < -0.39 is 0 Å². The Morgan fingerprint density at radius 2 is 2.42 bits per heavy atom. The quantitative estimate of drug-likeness (QED) is 0.675. The van der Waals surface area contributed by atoms with Gasteiger partial charge in [0.1, 0.15) is 0 Å². The maximum absolute atomic E-state index is 3.87. The molecule has 1 heterocycles. The summed E-state index contributed by atoms with van der Waals surface area (Å²) in [6, 6.07) is 0. The molecule has 0 aromatic heterocycles. The summed E-state index contributed by atoms with van der Waals surface area (Å²) in [5, 5.41) is 3.45. The van der Waals surface area contributed by atoms with E-state index in [2.05, 4.69) is 37.5 Å². The molecule has 1 unspecified atom stereocenters. The average molecular weight is 185 g/mol. The Hall–Kier alpha value is 0.0500. The fraction of sp³-hybridized carbons (Fsp3) is 0.800. The number of hydrogen-bond acceptors (Lipinski definition) is 2. The Kier molecular flexibility index (Phi) is 3.66. The summed E-state index contributed by atoms with van der Waals surface area (Å²) in [6.07, 6.45) is 2.75. The second-order valence-corrected chi connectivity index (χ2v) is 5.65. The first kappa shape index (κ1) is 10.1. The predicted octanol–water partition coefficient (Wildman–Crippen LogP) is 2.44. The minimum atomic E-state index is 0.495. The molecule has 1 nitrogen and oxygen atoms in total. The third-order valence-electron chi connectivity index (χ3n) is 2.23. The van der Waals surface area contributed by atoms with Gasteiger partial charge in [-0.05, 0) is 32.4 Å². The second-order valence-electron chi connectivity index (χ2n) is 3.96. The van der Waals surface area contributed by atoms with E-state index in [4.69, 9.17) is 0 Å². The van der Waals surface area contributed by atoms with Gasteiger partial charge in [-0.3, -0.25) is 0 Å². The maximum atomic E-state index is 3.87. The van der Waals surface area contributed by atoms with Gasteiger partial charge in [-0.2, -0.15) is 11.8 Å². The van der Waals surface area contributed by atoms with Crippen molar-refractivity contribution in [1.82, 2.24) is 5.32 Å². The van der Waals surface area contributed by atoms with E-state index in [0.29, 0.717) is 4.75 Å². The van der Waals surface area contributed by atoms with Crippen molar-refractivity contribution in [2.24, 2.45) is 0 Å². The average Bonchev–Trinajstić information content (AvgIpc) is 2.35. The Bertz CT molecular complexity index is 159. The lowest BCUT2D eigenvalue weighted by Crippen LogP contribution is -2.33. The van der Waals surface area contributed by atoms with Crippen LogP contribution < -0.4 is 5.32 Å². The number of nitrogens with one attached hydrogen (secondary N) is 1. The molecular weight excluding hydrogens is 166 g/mol. The van der Waals surface area contributed by atoms with E-state index >= 15 is 0 Å². The molecule has 0 radical (unpaired) electrons. The maximum Gasteiger partial charge on any atom is 0.0256 e. The zero-order valence-corrected chi connectivity index (χ0v) is 8.97. The molecule has 0 amide bonds. The zero-order valence-electron chi connectivity index (χ0n) is 8.15. The molecule has 1 saturated heterocycles. The molecule has 1 aliphatic rings. The van der Waals surface area contributed by atoms with Crippen LogP contribution in [0.25, 0.3) is 0 Å². The van der Waals surface area contributed by atoms with Gasteiger partial charge in [-0.25, -0.2) is 0 Å². The molecule has 1 N–H and O–H groups in total. The van der Waals surface area contributed by atoms with Gasteiger partial charge in [0.2, 0.25) is 0 Å². The highest BCUT2D eigenvalue weighted by molar-refractivity contribution is 8.00. The van der Waals surface area contributed by atoms with Gasteiger partial charge in [0.25, 0.3) is 0 Å². The summed E-state index contributed by atoms with van der Waals surface area (Å²) in [4.78, 5) is 0. The molecule has 0 bridgehead atoms. The Balaban J connectivity index is 2.17. The van der Waals surface area contributed by atoms with Crippen molar-refractivity contribution >= 4 is 11.8 Å². The summed E-state index contributed by atoms with van der Waals surface area (Å²) < 4.78 is 0.495. The minimum Gasteiger partial charge on any atom is -0.312 e. The number of hydrogen-bond donors (Lipinski definition) is 1. The highest BCUT2D eigenvalue weighted by atomic mass is 32.2. The van der Waals surface area contributed by atoms with Crippen LogP contribution in [0.3, 0.4) is 0 Å². The summed E-state index contributed by atoms with van der Waals surface area (Å²) in [5.41, 5.74) is 1.22. The summed E-state index contributed by atoms with van der Waals surface area (Å²) in [6.45, 7) is 10.4. The number of rotatable bonds is 4. The van der Waals surface area contributed by atoms with Crippen LogP contribution in [-0.4, -0.2) is 23.6 Å². The standard InChI is InChI=1S/C10H19NS/c1-9(2)7-11-8-10(3)5-4-6-12-10/h11H,1,4-8H2,2-3H3. The second kappa shape index (κ2) is 4.33. The van der Waals surface area contributed by atoms with E-state index in [0.717, 1.165) is 13.1 Å². The number of thioether (sulfide) groups is 1. The molecule has 0 aliphatic carbocycles. The normalized spacial score (nSPS) is 29.2. The molecule has 0 aromatic carbocycles. The van der Waals surface area contributed by atoms with Gasteiger partial charge in [0.15, 0.2) is 0 Å². The van der Waals surface area contributed by atoms with Crippen LogP contribution in [0.4, 0.5) is 0 Å². The lowest BCUT2D eigenvalue weighted by atomic mass is 10.1. The first-order chi connectivity index (χ1) is 5.62. The first-order valence-corrected chi connectivity index (χ1v) is 5.60. The molecule has 70 valence electrons. The zero-order chi connectivity index (χ0) is 9.03. The lowest BCUT2D eigenvalue weighted by Gasteiger charge is -2.22. The SMILES string of the molecule is C=C(C)CNCC1(C)CCCS1. The highest BCUT2D eigenvalue weighted by Gasteiger charge is 2.28. The predicted molar refractivity (Wildman–Crippen MR) is 57.8 cm³/mol. The van der Waals surface area contributed by atoms with Crippen LogP contribution in [0, 0.1) is 0 Å². The minimum absolute atomic E-state index is 0.495. The van der Waals surface area contributed by atoms with Crippen LogP contribution in [-0.2, 0) is 0 Å². The Morgan fingerprint density at radius 1 is 1.67 bits per heavy atom. The Labute approximate surface area is 80.0 Å². The van der Waals surface area contributed by atoms with Crippen molar-refractivity contribution in [1.29, 1.82) is 0 Å². The third-order valence-corrected chi connectivity index (χ3v) is 3.76. The van der Waals surface area contributed by atoms with Crippen molar-refractivity contribution in [3.63, 3.8) is 0 Å². The van der Waals surface area contributed by atoms with Crippen molar-refractivity contribution in [3.05, 3.63) is 12.2 Å². The van der Waals surface area contributed by atoms with Crippen LogP contribution >= 0.6 is 11.8 Å². The lowest BCUT2D eigenvalue weighted by molar-refractivity contribution is 0.552. The molecule has 1 fully saturated rings. The molecule has 1 rings (SSSR count). The molecule has 0 spiro atoms. The van der Waals surface area contributed by atoms with Crippen molar-refractivity contribution in [3.8, 4) is 0 Å². The first-order valence-electron chi connectivity index (χ1n) is 4.61. The molecular formula is C10H19NS. The summed E-state index contributed by atoms with van der Waals surface area (Å²) in [7, 11) is 0. The Morgan fingerprint density at radius 3 is 2.92 bits per heavy atom. The molecule has 0 aromatic rings. The van der Waals surface area contributed by atoms with Gasteiger partial charge in [0, 0.05) is 17.8 Å². The van der Waals surface area contributed by atoms with Gasteiger partial charge in [-0.15, -0.1) is 0 Å². The highest BCUT2D eigenvalue weighted by Crippen LogP contribution is 2.36. The van der Waals surface area contributed by atoms with Gasteiger partial charge < -0.3 is 5.32 Å². The van der Waals surface area contributed by atoms with E-state index in [-0.39, 0.29) is 0 Å². The van der Waals surface area contributed by atoms with E-state index in [9.17, 15) is 0 Å². The molecule has 12 heavy (non-hydrogen) atoms. The van der Waals surface area contributed by atoms with Crippen molar-refractivity contribution < 1.29 is 0 Å². The topological polar surface area (TPSA) is 12.0 Å². The molecule has 0 saturated carbocycles. The van der Waals surface area contributed by atoms with Crippen molar-refractivity contribution in [2.45, 2.75) is 31.4 Å². The van der Waals surface area contributed by atoms with E-state index in [1.807, 2.05) is 0 Å². The van der Waals surface area contributed by atoms with Crippen LogP contribution in [0.15, 0.2) is 12.2 Å². The van der Waals surface area contributed by atoms with Crippen molar-refractivity contribution in [2.75, 3.05) is 18.8 Å². The molecule has 1 atom stereocenters. The molecule has 2 heteroatoms. The van der Waals surface area contributed by atoms with E-state index in [1.165, 1.54) is 24.2 Å². The monoisotopic (exact) mass is 185 g/mol. The van der Waals surface area contributed by atoms with Crippen LogP contribution in [0.2, 0.25) is 0 Å². The summed E-state index contributed by atoms with van der Waals surface area (Å²) >= 11 is 2.10. The smallest absolute Gasteiger partial charge is 0.0256 e. The largest absolute Gasteiger partial charge is 0.312 e. The fourth-order valence-electron chi connectivity index (χ4n) is 1.52.